The predicted octanol–water partition coefficient (Wildman–Crippen LogP) is 8.30. The van der Waals surface area contributed by atoms with Gasteiger partial charge in [-0.05, 0) is 99.5 Å². The van der Waals surface area contributed by atoms with Gasteiger partial charge >= 0.3 is 0 Å². The molecule has 264 valence electrons. The molecule has 1 N–H and O–H groups in total. The summed E-state index contributed by atoms with van der Waals surface area (Å²) < 4.78 is 36.7. The van der Waals surface area contributed by atoms with E-state index in [1.807, 2.05) is 113 Å². The maximum Gasteiger partial charge on any atom is 0.264 e. The second-order valence-electron chi connectivity index (χ2n) is 13.3. The third-order valence-corrected chi connectivity index (χ3v) is 10.3. The summed E-state index contributed by atoms with van der Waals surface area (Å²) in [5, 5.41) is 3.06. The van der Waals surface area contributed by atoms with Crippen molar-refractivity contribution in [2.24, 2.45) is 0 Å². The van der Waals surface area contributed by atoms with Crippen LogP contribution in [0.2, 0.25) is 0 Å². The fourth-order valence-electron chi connectivity index (χ4n) is 5.51. The van der Waals surface area contributed by atoms with Gasteiger partial charge in [-0.3, -0.25) is 13.9 Å². The Bertz CT molecular complexity index is 2030. The molecule has 0 aliphatic rings. The van der Waals surface area contributed by atoms with Gasteiger partial charge in [-0.25, -0.2) is 8.42 Å². The van der Waals surface area contributed by atoms with Crippen LogP contribution in [-0.4, -0.2) is 43.3 Å². The number of amides is 2. The number of carbonyl (C=O) groups is 2. The van der Waals surface area contributed by atoms with Crippen molar-refractivity contribution in [1.29, 1.82) is 0 Å². The van der Waals surface area contributed by atoms with E-state index in [0.29, 0.717) is 11.5 Å². The van der Waals surface area contributed by atoms with Crippen molar-refractivity contribution in [1.82, 2.24) is 10.2 Å². The van der Waals surface area contributed by atoms with Crippen molar-refractivity contribution in [3.05, 3.63) is 155 Å². The number of nitrogens with one attached hydrogen (secondary N) is 1. The van der Waals surface area contributed by atoms with Crippen molar-refractivity contribution in [2.45, 2.75) is 57.1 Å². The SMILES string of the molecule is Cc1ccc(S(=O)(=O)N(CC(=O)N(Cc2cccc(Br)c2)[C@@H](Cc2ccccc2)C(=O)NC(C)(C)C)c2ccc(Oc3ccccc3)cc2)cc1. The van der Waals surface area contributed by atoms with Gasteiger partial charge < -0.3 is 15.0 Å². The summed E-state index contributed by atoms with van der Waals surface area (Å²) in [4.78, 5) is 30.4. The van der Waals surface area contributed by atoms with E-state index < -0.39 is 34.1 Å². The normalized spacial score (nSPS) is 12.1. The van der Waals surface area contributed by atoms with Crippen LogP contribution in [0, 0.1) is 6.92 Å². The fourth-order valence-corrected chi connectivity index (χ4v) is 7.37. The molecule has 0 fully saturated rings. The second kappa shape index (κ2) is 16.4. The van der Waals surface area contributed by atoms with Crippen LogP contribution in [-0.2, 0) is 32.6 Å². The number of benzene rings is 5. The van der Waals surface area contributed by atoms with Gasteiger partial charge in [0.1, 0.15) is 24.1 Å². The number of ether oxygens (including phenoxy) is 1. The minimum Gasteiger partial charge on any atom is -0.457 e. The lowest BCUT2D eigenvalue weighted by Crippen LogP contribution is -2.56. The van der Waals surface area contributed by atoms with Crippen LogP contribution in [0.5, 0.6) is 11.5 Å². The van der Waals surface area contributed by atoms with Gasteiger partial charge in [0, 0.05) is 23.0 Å². The molecule has 5 aromatic rings. The molecule has 0 saturated heterocycles. The van der Waals surface area contributed by atoms with Gasteiger partial charge in [0.05, 0.1) is 10.6 Å². The topological polar surface area (TPSA) is 96.0 Å². The van der Waals surface area contributed by atoms with Crippen LogP contribution < -0.4 is 14.4 Å². The molecule has 51 heavy (non-hydrogen) atoms. The Kier molecular flexibility index (Phi) is 12.0. The first-order valence-corrected chi connectivity index (χ1v) is 18.8. The van der Waals surface area contributed by atoms with E-state index in [-0.39, 0.29) is 29.5 Å². The summed E-state index contributed by atoms with van der Waals surface area (Å²) in [5.74, 6) is 0.248. The highest BCUT2D eigenvalue weighted by Gasteiger charge is 2.35. The lowest BCUT2D eigenvalue weighted by atomic mass is 10.0. The molecule has 0 radical (unpaired) electrons. The largest absolute Gasteiger partial charge is 0.457 e. The third-order valence-electron chi connectivity index (χ3n) is 8.00. The van der Waals surface area contributed by atoms with Crippen molar-refractivity contribution in [3.63, 3.8) is 0 Å². The molecule has 10 heteroatoms. The van der Waals surface area contributed by atoms with Gasteiger partial charge in [-0.15, -0.1) is 0 Å². The zero-order chi connectivity index (χ0) is 36.6. The molecule has 5 aromatic carbocycles. The highest BCUT2D eigenvalue weighted by Crippen LogP contribution is 2.29. The summed E-state index contributed by atoms with van der Waals surface area (Å²) in [6, 6.07) is 38.3. The monoisotopic (exact) mass is 767 g/mol. The van der Waals surface area contributed by atoms with Crippen molar-refractivity contribution in [3.8, 4) is 11.5 Å². The number of anilines is 1. The molecular formula is C41H42BrN3O5S. The number of hydrogen-bond acceptors (Lipinski definition) is 5. The minimum atomic E-state index is -4.25. The standard InChI is InChI=1S/C41H42BrN3O5S/c1-30-18-24-37(25-19-30)51(48,49)45(34-20-22-36(23-21-34)50-35-16-9-6-10-17-35)29-39(46)44(28-32-14-11-15-33(42)26-32)38(40(47)43-41(2,3)4)27-31-12-7-5-8-13-31/h5-26,38H,27-29H2,1-4H3,(H,43,47)/t38-/m0/s1. The van der Waals surface area contributed by atoms with E-state index in [2.05, 4.69) is 21.2 Å². The van der Waals surface area contributed by atoms with Crippen LogP contribution >= 0.6 is 15.9 Å². The van der Waals surface area contributed by atoms with Crippen LogP contribution in [0.1, 0.15) is 37.5 Å². The predicted molar refractivity (Wildman–Crippen MR) is 205 cm³/mol. The first kappa shape index (κ1) is 37.3. The van der Waals surface area contributed by atoms with Crippen LogP contribution in [0.3, 0.4) is 0 Å². The summed E-state index contributed by atoms with van der Waals surface area (Å²) in [6.07, 6.45) is 0.221. The van der Waals surface area contributed by atoms with Crippen LogP contribution in [0.15, 0.2) is 143 Å². The molecular weight excluding hydrogens is 726 g/mol. The first-order valence-electron chi connectivity index (χ1n) is 16.6. The zero-order valence-corrected chi connectivity index (χ0v) is 31.5. The molecule has 8 nitrogen and oxygen atoms in total. The Hall–Kier alpha value is -4.93. The number of carbonyl (C=O) groups excluding carboxylic acids is 2. The van der Waals surface area contributed by atoms with Crippen molar-refractivity contribution < 1.29 is 22.7 Å². The fraction of sp³-hybridized carbons (Fsp3) is 0.220. The summed E-state index contributed by atoms with van der Waals surface area (Å²) in [5.41, 5.74) is 2.21. The average molecular weight is 769 g/mol. The van der Waals surface area contributed by atoms with Crippen molar-refractivity contribution >= 4 is 43.5 Å². The lowest BCUT2D eigenvalue weighted by Gasteiger charge is -2.35. The minimum absolute atomic E-state index is 0.0374. The number of sulfonamides is 1. The Labute approximate surface area is 309 Å². The molecule has 0 spiro atoms. The highest BCUT2D eigenvalue weighted by atomic mass is 79.9. The Morgan fingerprint density at radius 1 is 0.765 bits per heavy atom. The molecule has 0 saturated carbocycles. The molecule has 0 unspecified atom stereocenters. The maximum atomic E-state index is 14.8. The third kappa shape index (κ3) is 10.3. The van der Waals surface area contributed by atoms with E-state index in [1.54, 1.807) is 36.4 Å². The van der Waals surface area contributed by atoms with Gasteiger partial charge in [0.15, 0.2) is 0 Å². The molecule has 0 aliphatic carbocycles. The van der Waals surface area contributed by atoms with Gasteiger partial charge in [-0.1, -0.05) is 94.3 Å². The zero-order valence-electron chi connectivity index (χ0n) is 29.1. The number of rotatable bonds is 13. The number of halogens is 1. The van der Waals surface area contributed by atoms with Gasteiger partial charge in [-0.2, -0.15) is 0 Å². The van der Waals surface area contributed by atoms with E-state index in [9.17, 15) is 18.0 Å². The van der Waals surface area contributed by atoms with E-state index in [4.69, 9.17) is 4.74 Å². The van der Waals surface area contributed by atoms with E-state index in [0.717, 1.165) is 25.5 Å². The number of nitrogens with zero attached hydrogens (tertiary/aromatic N) is 2. The molecule has 5 rings (SSSR count). The number of hydrogen-bond donors (Lipinski definition) is 1. The number of aryl methyl sites for hydroxylation is 1. The lowest BCUT2D eigenvalue weighted by molar-refractivity contribution is -0.140. The van der Waals surface area contributed by atoms with Crippen LogP contribution in [0.25, 0.3) is 0 Å². The molecule has 0 heterocycles. The summed E-state index contributed by atoms with van der Waals surface area (Å²) >= 11 is 3.52. The first-order chi connectivity index (χ1) is 24.3. The quantitative estimate of drug-likeness (QED) is 0.130. The van der Waals surface area contributed by atoms with Crippen molar-refractivity contribution in [2.75, 3.05) is 10.8 Å². The molecule has 1 atom stereocenters. The maximum absolute atomic E-state index is 14.8. The Morgan fingerprint density at radius 2 is 1.35 bits per heavy atom. The summed E-state index contributed by atoms with van der Waals surface area (Å²) in [6.45, 7) is 7.02. The Balaban J connectivity index is 1.57. The highest BCUT2D eigenvalue weighted by molar-refractivity contribution is 9.10. The molecule has 2 amide bonds. The average Bonchev–Trinajstić information content (AvgIpc) is 3.09. The van der Waals surface area contributed by atoms with Gasteiger partial charge in [0.2, 0.25) is 11.8 Å². The summed E-state index contributed by atoms with van der Waals surface area (Å²) in [7, 11) is -4.25. The second-order valence-corrected chi connectivity index (χ2v) is 16.1. The van der Waals surface area contributed by atoms with E-state index in [1.165, 1.54) is 17.0 Å². The van der Waals surface area contributed by atoms with E-state index >= 15 is 0 Å². The molecule has 0 aromatic heterocycles. The smallest absolute Gasteiger partial charge is 0.264 e. The van der Waals surface area contributed by atoms with Gasteiger partial charge in [0.25, 0.3) is 10.0 Å². The van der Waals surface area contributed by atoms with Crippen LogP contribution in [0.4, 0.5) is 5.69 Å². The number of para-hydroxylation sites is 1. The molecule has 0 bridgehead atoms. The molecule has 0 aliphatic heterocycles. The Morgan fingerprint density at radius 3 is 1.96 bits per heavy atom.